The molecule has 2 fully saturated rings. The average molecular weight is 375 g/mol. The number of hydrogen-bond donors (Lipinski definition) is 1. The minimum Gasteiger partial charge on any atom is -0.399 e. The Morgan fingerprint density at radius 3 is 2.65 bits per heavy atom. The van der Waals surface area contributed by atoms with Crippen LogP contribution in [0, 0.1) is 0 Å². The highest BCUT2D eigenvalue weighted by Crippen LogP contribution is 2.37. The lowest BCUT2D eigenvalue weighted by Crippen LogP contribution is -2.41. The summed E-state index contributed by atoms with van der Waals surface area (Å²) in [5, 5.41) is 3.56. The highest BCUT2D eigenvalue weighted by Gasteiger charge is 2.52. The molecule has 0 spiro atoms. The molecule has 0 amide bonds. The minimum atomic E-state index is -0.325. The molecular weight excluding hydrogens is 345 g/mol. The molecule has 1 aromatic heterocycles. The van der Waals surface area contributed by atoms with Crippen LogP contribution in [0.25, 0.3) is 5.70 Å². The lowest BCUT2D eigenvalue weighted by Gasteiger charge is -2.32. The molecule has 2 aliphatic heterocycles. The van der Waals surface area contributed by atoms with E-state index < -0.39 is 0 Å². The Morgan fingerprint density at radius 1 is 1.38 bits per heavy atom. The van der Waals surface area contributed by atoms with Crippen LogP contribution in [-0.4, -0.2) is 56.1 Å². The van der Waals surface area contributed by atoms with E-state index in [0.717, 1.165) is 21.9 Å². The summed E-state index contributed by atoms with van der Waals surface area (Å²) in [4.78, 5) is 7.53. The first kappa shape index (κ1) is 19.6. The van der Waals surface area contributed by atoms with Gasteiger partial charge in [0.2, 0.25) is 0 Å². The maximum atomic E-state index is 6.16. The van der Waals surface area contributed by atoms with E-state index in [9.17, 15) is 0 Å². The van der Waals surface area contributed by atoms with Crippen molar-refractivity contribution in [2.45, 2.75) is 57.8 Å². The van der Waals surface area contributed by atoms with Crippen molar-refractivity contribution in [3.05, 3.63) is 23.2 Å². The molecule has 1 unspecified atom stereocenters. The van der Waals surface area contributed by atoms with Gasteiger partial charge in [0.25, 0.3) is 0 Å². The van der Waals surface area contributed by atoms with Crippen molar-refractivity contribution in [3.8, 4) is 0 Å². The third-order valence-electron chi connectivity index (χ3n) is 5.80. The molecule has 1 N–H and O–H groups in total. The number of nitrogens with zero attached hydrogens (tertiary/aromatic N) is 2. The van der Waals surface area contributed by atoms with Crippen LogP contribution < -0.4 is 10.1 Å². The predicted octanol–water partition coefficient (Wildman–Crippen LogP) is 2.73. The van der Waals surface area contributed by atoms with Crippen LogP contribution >= 0.6 is 11.3 Å². The van der Waals surface area contributed by atoms with E-state index in [1.54, 1.807) is 17.5 Å². The largest absolute Gasteiger partial charge is 0.505 e. The summed E-state index contributed by atoms with van der Waals surface area (Å²) >= 11 is 1.68. The van der Waals surface area contributed by atoms with Gasteiger partial charge in [-0.25, -0.2) is 0 Å². The Balaban J connectivity index is 1.70. The normalized spacial score (nSPS) is 25.7. The van der Waals surface area contributed by atoms with E-state index in [4.69, 9.17) is 9.31 Å². The molecular formula is C19H30BN3O2S. The van der Waals surface area contributed by atoms with Crippen molar-refractivity contribution in [3.63, 3.8) is 0 Å². The van der Waals surface area contributed by atoms with Crippen LogP contribution in [-0.2, 0) is 9.31 Å². The zero-order valence-electron chi connectivity index (χ0n) is 16.5. The second-order valence-electron chi connectivity index (χ2n) is 8.17. The van der Waals surface area contributed by atoms with Gasteiger partial charge in [-0.15, -0.1) is 11.3 Å². The lowest BCUT2D eigenvalue weighted by molar-refractivity contribution is 0.00578. The molecule has 5 nitrogen and oxygen atoms in total. The van der Waals surface area contributed by atoms with Crippen LogP contribution in [0.5, 0.6) is 0 Å². The lowest BCUT2D eigenvalue weighted by atomic mass is 9.88. The molecule has 0 radical (unpaired) electrons. The molecule has 1 atom stereocenters. The number of aliphatic imine (C=N–C) groups is 1. The van der Waals surface area contributed by atoms with E-state index >= 15 is 0 Å². The molecule has 26 heavy (non-hydrogen) atoms. The smallest absolute Gasteiger partial charge is 0.399 e. The number of hydrogen-bond acceptors (Lipinski definition) is 6. The fourth-order valence-corrected chi connectivity index (χ4v) is 4.29. The highest BCUT2D eigenvalue weighted by atomic mass is 32.1. The zero-order valence-corrected chi connectivity index (χ0v) is 17.4. The van der Waals surface area contributed by atoms with Gasteiger partial charge in [-0.05, 0) is 66.9 Å². The van der Waals surface area contributed by atoms with E-state index in [2.05, 4.69) is 68.8 Å². The number of likely N-dealkylation sites (tertiary alicyclic amines) is 1. The fourth-order valence-electron chi connectivity index (χ4n) is 3.34. The van der Waals surface area contributed by atoms with Crippen LogP contribution in [0.2, 0.25) is 0 Å². The molecule has 2 aliphatic rings. The Labute approximate surface area is 161 Å². The zero-order chi connectivity index (χ0) is 18.9. The molecule has 0 aromatic carbocycles. The van der Waals surface area contributed by atoms with Crippen LogP contribution in [0.1, 0.15) is 45.4 Å². The Hall–Kier alpha value is -1.15. The Kier molecular flexibility index (Phi) is 5.63. The van der Waals surface area contributed by atoms with Gasteiger partial charge >= 0.3 is 7.12 Å². The van der Waals surface area contributed by atoms with Gasteiger partial charge in [-0.2, -0.15) is 0 Å². The SMILES string of the molecule is C=N/C=C(\NCC1CCCN1C)c1ccc(B2OC(C)(C)C(C)(C)O2)s1. The van der Waals surface area contributed by atoms with Crippen LogP contribution in [0.4, 0.5) is 0 Å². The molecule has 0 aliphatic carbocycles. The van der Waals surface area contributed by atoms with E-state index in [0.29, 0.717) is 6.04 Å². The third-order valence-corrected chi connectivity index (χ3v) is 6.94. The second-order valence-corrected chi connectivity index (χ2v) is 9.29. The molecule has 142 valence electrons. The van der Waals surface area contributed by atoms with Crippen molar-refractivity contribution in [1.82, 2.24) is 10.2 Å². The van der Waals surface area contributed by atoms with E-state index in [1.807, 2.05) is 0 Å². The monoisotopic (exact) mass is 375 g/mol. The fraction of sp³-hybridized carbons (Fsp3) is 0.632. The van der Waals surface area contributed by atoms with Gasteiger partial charge in [0.15, 0.2) is 0 Å². The topological polar surface area (TPSA) is 46.1 Å². The van der Waals surface area contributed by atoms with E-state index in [-0.39, 0.29) is 18.3 Å². The molecule has 7 heteroatoms. The van der Waals surface area contributed by atoms with Crippen molar-refractivity contribution in [2.24, 2.45) is 4.99 Å². The standard InChI is InChI=1S/C19H30BN3O2S/c1-18(2)19(3,4)25-20(24-18)17-10-9-16(26-17)15(13-21-5)22-12-14-8-7-11-23(14)6/h9-10,13-14,22H,5,7-8,11-12H2,1-4,6H3/b15-13-. The maximum absolute atomic E-state index is 6.16. The molecule has 2 saturated heterocycles. The van der Waals surface area contributed by atoms with Crippen LogP contribution in [0.15, 0.2) is 23.3 Å². The summed E-state index contributed by atoms with van der Waals surface area (Å²) in [6.07, 6.45) is 4.31. The number of likely N-dealkylation sites (N-methyl/N-ethyl adjacent to an activating group) is 1. The number of thiophene rings is 1. The molecule has 3 heterocycles. The minimum absolute atomic E-state index is 0.322. The maximum Gasteiger partial charge on any atom is 0.505 e. The molecule has 3 rings (SSSR count). The van der Waals surface area contributed by atoms with Gasteiger partial charge in [0, 0.05) is 17.4 Å². The number of nitrogens with one attached hydrogen (secondary N) is 1. The average Bonchev–Trinajstić information content (AvgIpc) is 3.23. The van der Waals surface area contributed by atoms with Crippen molar-refractivity contribution in [2.75, 3.05) is 20.1 Å². The molecule has 0 saturated carbocycles. The summed E-state index contributed by atoms with van der Waals surface area (Å²) in [5.41, 5.74) is 0.358. The summed E-state index contributed by atoms with van der Waals surface area (Å²) in [7, 11) is 1.87. The summed E-state index contributed by atoms with van der Waals surface area (Å²) in [5.74, 6) is 0. The summed E-state index contributed by atoms with van der Waals surface area (Å²) in [6, 6.07) is 4.77. The first-order valence-corrected chi connectivity index (χ1v) is 10.1. The summed E-state index contributed by atoms with van der Waals surface area (Å²) in [6.45, 7) is 14.0. The van der Waals surface area contributed by atoms with Crippen molar-refractivity contribution in [1.29, 1.82) is 0 Å². The second kappa shape index (κ2) is 7.47. The Bertz CT molecular complexity index is 670. The van der Waals surface area contributed by atoms with Crippen molar-refractivity contribution < 1.29 is 9.31 Å². The van der Waals surface area contributed by atoms with Gasteiger partial charge < -0.3 is 19.5 Å². The third kappa shape index (κ3) is 3.91. The van der Waals surface area contributed by atoms with Crippen molar-refractivity contribution >= 4 is 35.6 Å². The van der Waals surface area contributed by atoms with Gasteiger partial charge in [-0.1, -0.05) is 6.07 Å². The van der Waals surface area contributed by atoms with E-state index in [1.165, 1.54) is 19.4 Å². The Morgan fingerprint density at radius 2 is 2.08 bits per heavy atom. The summed E-state index contributed by atoms with van der Waals surface area (Å²) < 4.78 is 13.4. The van der Waals surface area contributed by atoms with Gasteiger partial charge in [-0.3, -0.25) is 4.99 Å². The highest BCUT2D eigenvalue weighted by molar-refractivity contribution is 7.23. The first-order chi connectivity index (χ1) is 12.2. The molecule has 0 bridgehead atoms. The predicted molar refractivity (Wildman–Crippen MR) is 111 cm³/mol. The first-order valence-electron chi connectivity index (χ1n) is 9.29. The van der Waals surface area contributed by atoms with Gasteiger partial charge in [0.05, 0.1) is 28.0 Å². The molecule has 1 aromatic rings. The van der Waals surface area contributed by atoms with Gasteiger partial charge in [0.1, 0.15) is 0 Å². The quantitative estimate of drug-likeness (QED) is 0.614. The number of rotatable bonds is 6. The van der Waals surface area contributed by atoms with Crippen LogP contribution in [0.3, 0.4) is 0 Å².